The minimum atomic E-state index is -0.498. The maximum Gasteiger partial charge on any atom is 0.496 e. The largest absolute Gasteiger partial charge is 0.496 e. The molecule has 0 N–H and O–H groups in total. The van der Waals surface area contributed by atoms with Crippen LogP contribution in [0.5, 0.6) is 0 Å². The molecule has 0 aromatic carbocycles. The van der Waals surface area contributed by atoms with Gasteiger partial charge < -0.3 is 18.8 Å². The van der Waals surface area contributed by atoms with Crippen molar-refractivity contribution in [2.45, 2.75) is 64.3 Å². The van der Waals surface area contributed by atoms with Gasteiger partial charge in [-0.05, 0) is 33.8 Å². The molecule has 0 saturated carbocycles. The second kappa shape index (κ2) is 6.76. The molecule has 0 radical (unpaired) electrons. The molecule has 4 rings (SSSR count). The standard InChI is InChI=1S/C19H27BN2O5/c1-18(2)19(3,4)27-20(26-18)13-11-16-15(21-12-13)5-8-22(16)17(23)25-14-6-9-24-10-7-14/h11-12,14H,5-10H2,1-4H3. The Morgan fingerprint density at radius 3 is 2.56 bits per heavy atom. The van der Waals surface area contributed by atoms with Crippen LogP contribution in [-0.4, -0.2) is 55.3 Å². The number of fused-ring (bicyclic) bond motifs is 1. The number of aromatic nitrogens is 1. The van der Waals surface area contributed by atoms with Gasteiger partial charge in [-0.25, -0.2) is 4.79 Å². The Morgan fingerprint density at radius 2 is 1.89 bits per heavy atom. The SMILES string of the molecule is CC1(C)OB(c2cnc3c(c2)N(C(=O)OC2CCOCC2)CC3)OC1(C)C. The van der Waals surface area contributed by atoms with E-state index in [4.69, 9.17) is 18.8 Å². The van der Waals surface area contributed by atoms with Crippen molar-refractivity contribution in [1.29, 1.82) is 0 Å². The van der Waals surface area contributed by atoms with Crippen LogP contribution >= 0.6 is 0 Å². The van der Waals surface area contributed by atoms with Crippen molar-refractivity contribution in [3.8, 4) is 0 Å². The Hall–Kier alpha value is -1.64. The zero-order valence-corrected chi connectivity index (χ0v) is 16.5. The van der Waals surface area contributed by atoms with E-state index in [1.807, 2.05) is 33.8 Å². The molecule has 0 aliphatic carbocycles. The van der Waals surface area contributed by atoms with Gasteiger partial charge in [0.1, 0.15) is 6.10 Å². The minimum Gasteiger partial charge on any atom is -0.446 e. The van der Waals surface area contributed by atoms with Crippen LogP contribution in [0.4, 0.5) is 10.5 Å². The minimum absolute atomic E-state index is 0.0745. The average Bonchev–Trinajstić information content (AvgIpc) is 3.13. The topological polar surface area (TPSA) is 70.1 Å². The van der Waals surface area contributed by atoms with Crippen LogP contribution in [-0.2, 0) is 25.2 Å². The third-order valence-corrected chi connectivity index (χ3v) is 6.01. The highest BCUT2D eigenvalue weighted by Gasteiger charge is 2.52. The van der Waals surface area contributed by atoms with E-state index < -0.39 is 18.3 Å². The average molecular weight is 374 g/mol. The monoisotopic (exact) mass is 374 g/mol. The first-order valence-electron chi connectivity index (χ1n) is 9.67. The summed E-state index contributed by atoms with van der Waals surface area (Å²) in [6.07, 6.45) is 3.62. The molecule has 146 valence electrons. The number of carbonyl (C=O) groups excluding carboxylic acids is 1. The number of ether oxygens (including phenoxy) is 2. The van der Waals surface area contributed by atoms with Crippen LogP contribution in [0, 0.1) is 0 Å². The van der Waals surface area contributed by atoms with Crippen molar-refractivity contribution < 1.29 is 23.6 Å². The summed E-state index contributed by atoms with van der Waals surface area (Å²) >= 11 is 0. The maximum absolute atomic E-state index is 12.7. The van der Waals surface area contributed by atoms with E-state index in [0.29, 0.717) is 19.8 Å². The number of hydrogen-bond donors (Lipinski definition) is 0. The highest BCUT2D eigenvalue weighted by Crippen LogP contribution is 2.37. The van der Waals surface area contributed by atoms with Gasteiger partial charge in [-0.1, -0.05) is 0 Å². The third kappa shape index (κ3) is 3.46. The third-order valence-electron chi connectivity index (χ3n) is 6.01. The molecular formula is C19H27BN2O5. The van der Waals surface area contributed by atoms with Crippen molar-refractivity contribution in [3.05, 3.63) is 18.0 Å². The van der Waals surface area contributed by atoms with Crippen LogP contribution in [0.25, 0.3) is 0 Å². The van der Waals surface area contributed by atoms with E-state index in [2.05, 4.69) is 4.98 Å². The van der Waals surface area contributed by atoms with Crippen molar-refractivity contribution in [3.63, 3.8) is 0 Å². The highest BCUT2D eigenvalue weighted by atomic mass is 16.7. The van der Waals surface area contributed by atoms with E-state index in [0.717, 1.165) is 36.1 Å². The second-order valence-corrected chi connectivity index (χ2v) is 8.42. The van der Waals surface area contributed by atoms with Crippen LogP contribution in [0.2, 0.25) is 0 Å². The molecule has 3 aliphatic rings. The Kier molecular flexibility index (Phi) is 4.68. The zero-order valence-electron chi connectivity index (χ0n) is 16.5. The summed E-state index contributed by atoms with van der Waals surface area (Å²) in [5.41, 5.74) is 1.67. The first-order chi connectivity index (χ1) is 12.8. The number of rotatable bonds is 2. The van der Waals surface area contributed by atoms with E-state index in [-0.39, 0.29) is 12.2 Å². The van der Waals surface area contributed by atoms with E-state index in [9.17, 15) is 4.79 Å². The fourth-order valence-electron chi connectivity index (χ4n) is 3.56. The van der Waals surface area contributed by atoms with Crippen LogP contribution in [0.15, 0.2) is 12.3 Å². The van der Waals surface area contributed by atoms with Crippen molar-refractivity contribution in [1.82, 2.24) is 4.98 Å². The Labute approximate surface area is 160 Å². The van der Waals surface area contributed by atoms with E-state index in [1.165, 1.54) is 0 Å². The normalized spacial score (nSPS) is 24.1. The lowest BCUT2D eigenvalue weighted by molar-refractivity contribution is 0.00393. The lowest BCUT2D eigenvalue weighted by atomic mass is 9.80. The van der Waals surface area contributed by atoms with Gasteiger partial charge in [0.15, 0.2) is 0 Å². The molecule has 3 aliphatic heterocycles. The van der Waals surface area contributed by atoms with Gasteiger partial charge in [-0.15, -0.1) is 0 Å². The van der Waals surface area contributed by atoms with Gasteiger partial charge in [0, 0.05) is 37.5 Å². The van der Waals surface area contributed by atoms with Gasteiger partial charge in [-0.2, -0.15) is 0 Å². The van der Waals surface area contributed by atoms with E-state index >= 15 is 0 Å². The first-order valence-corrected chi connectivity index (χ1v) is 9.67. The van der Waals surface area contributed by atoms with Crippen molar-refractivity contribution in [2.24, 2.45) is 0 Å². The summed E-state index contributed by atoms with van der Waals surface area (Å²) in [7, 11) is -0.498. The lowest BCUT2D eigenvalue weighted by Gasteiger charge is -2.32. The maximum atomic E-state index is 12.7. The molecule has 1 aromatic rings. The molecule has 0 atom stereocenters. The molecule has 0 bridgehead atoms. The van der Waals surface area contributed by atoms with Crippen molar-refractivity contribution >= 4 is 24.4 Å². The number of anilines is 1. The summed E-state index contributed by atoms with van der Waals surface area (Å²) in [5.74, 6) is 0. The molecule has 27 heavy (non-hydrogen) atoms. The number of hydrogen-bond acceptors (Lipinski definition) is 6. The Bertz CT molecular complexity index is 717. The van der Waals surface area contributed by atoms with Gasteiger partial charge in [-0.3, -0.25) is 9.88 Å². The van der Waals surface area contributed by atoms with Crippen LogP contribution in [0.1, 0.15) is 46.2 Å². The van der Waals surface area contributed by atoms with E-state index in [1.54, 1.807) is 11.1 Å². The van der Waals surface area contributed by atoms with Gasteiger partial charge in [0.2, 0.25) is 0 Å². The number of amides is 1. The molecule has 0 unspecified atom stereocenters. The molecule has 0 spiro atoms. The number of nitrogens with zero attached hydrogens (tertiary/aromatic N) is 2. The molecule has 1 amide bonds. The molecule has 2 saturated heterocycles. The quantitative estimate of drug-likeness (QED) is 0.739. The molecule has 7 nitrogen and oxygen atoms in total. The van der Waals surface area contributed by atoms with Gasteiger partial charge in [0.25, 0.3) is 0 Å². The molecule has 8 heteroatoms. The van der Waals surface area contributed by atoms with Crippen molar-refractivity contribution in [2.75, 3.05) is 24.7 Å². The zero-order chi connectivity index (χ0) is 19.2. The molecule has 2 fully saturated rings. The predicted octanol–water partition coefficient (Wildman–Crippen LogP) is 2.06. The first kappa shape index (κ1) is 18.7. The Balaban J connectivity index is 1.51. The van der Waals surface area contributed by atoms with Crippen LogP contribution < -0.4 is 10.4 Å². The van der Waals surface area contributed by atoms with Gasteiger partial charge in [0.05, 0.1) is 35.8 Å². The number of pyridine rings is 1. The summed E-state index contributed by atoms with van der Waals surface area (Å²) in [6, 6.07) is 1.95. The summed E-state index contributed by atoms with van der Waals surface area (Å²) in [4.78, 5) is 18.9. The lowest BCUT2D eigenvalue weighted by Crippen LogP contribution is -2.41. The summed E-state index contributed by atoms with van der Waals surface area (Å²) in [5, 5.41) is 0. The molecule has 4 heterocycles. The Morgan fingerprint density at radius 1 is 1.22 bits per heavy atom. The number of carbonyl (C=O) groups is 1. The second-order valence-electron chi connectivity index (χ2n) is 8.42. The fourth-order valence-corrected chi connectivity index (χ4v) is 3.56. The highest BCUT2D eigenvalue weighted by molar-refractivity contribution is 6.62. The smallest absolute Gasteiger partial charge is 0.446 e. The predicted molar refractivity (Wildman–Crippen MR) is 101 cm³/mol. The van der Waals surface area contributed by atoms with Gasteiger partial charge >= 0.3 is 13.2 Å². The molecule has 1 aromatic heterocycles. The molecular weight excluding hydrogens is 347 g/mol. The fraction of sp³-hybridized carbons (Fsp3) is 0.684. The summed E-state index contributed by atoms with van der Waals surface area (Å²) < 4.78 is 23.2. The van der Waals surface area contributed by atoms with Crippen LogP contribution in [0.3, 0.4) is 0 Å². The summed E-state index contributed by atoms with van der Waals surface area (Å²) in [6.45, 7) is 9.94.